The lowest BCUT2D eigenvalue weighted by Crippen LogP contribution is -2.30. The summed E-state index contributed by atoms with van der Waals surface area (Å²) in [6, 6.07) is 4.65. The Morgan fingerprint density at radius 2 is 2.22 bits per heavy atom. The highest BCUT2D eigenvalue weighted by Crippen LogP contribution is 2.28. The third-order valence-corrected chi connectivity index (χ3v) is 3.58. The fourth-order valence-electron chi connectivity index (χ4n) is 2.46. The van der Waals surface area contributed by atoms with Gasteiger partial charge in [0.25, 0.3) is 0 Å². The van der Waals surface area contributed by atoms with Gasteiger partial charge in [0.05, 0.1) is 6.61 Å². The van der Waals surface area contributed by atoms with E-state index in [9.17, 15) is 4.39 Å². The summed E-state index contributed by atoms with van der Waals surface area (Å²) < 4.78 is 18.4. The first kappa shape index (κ1) is 13.7. The Bertz CT molecular complexity index is 396. The zero-order valence-electron chi connectivity index (χ0n) is 10.4. The van der Waals surface area contributed by atoms with Crippen molar-refractivity contribution in [2.24, 2.45) is 5.73 Å². The number of nitrogens with two attached hydrogens (primary N) is 1. The fourth-order valence-corrected chi connectivity index (χ4v) is 2.69. The molecule has 0 radical (unpaired) electrons. The number of methoxy groups -OCH3 is 1. The van der Waals surface area contributed by atoms with Crippen LogP contribution in [0.25, 0.3) is 0 Å². The van der Waals surface area contributed by atoms with E-state index < -0.39 is 0 Å². The molecule has 1 aromatic carbocycles. The molecule has 3 nitrogen and oxygen atoms in total. The number of ether oxygens (including phenoxy) is 1. The highest BCUT2D eigenvalue weighted by molar-refractivity contribution is 6.30. The normalized spacial score (nSPS) is 24.7. The van der Waals surface area contributed by atoms with Crippen LogP contribution in [-0.2, 0) is 4.74 Å². The minimum absolute atomic E-state index is 0.0136. The molecular formula is C13H18ClFN2O. The van der Waals surface area contributed by atoms with Gasteiger partial charge in [0.2, 0.25) is 0 Å². The van der Waals surface area contributed by atoms with Crippen LogP contribution >= 0.6 is 11.6 Å². The van der Waals surface area contributed by atoms with Crippen LogP contribution in [0.1, 0.15) is 11.5 Å². The molecule has 2 atom stereocenters. The number of benzene rings is 1. The molecule has 100 valence electrons. The second-order valence-corrected chi connectivity index (χ2v) is 5.16. The quantitative estimate of drug-likeness (QED) is 0.909. The minimum Gasteiger partial charge on any atom is -0.383 e. The van der Waals surface area contributed by atoms with E-state index in [4.69, 9.17) is 22.1 Å². The molecule has 1 aliphatic heterocycles. The van der Waals surface area contributed by atoms with Gasteiger partial charge >= 0.3 is 0 Å². The lowest BCUT2D eigenvalue weighted by atomic mass is 9.95. The standard InChI is InChI=1S/C13H18ClFN2O/c1-18-3-2-17-7-12(13(16)8-17)9-4-10(14)6-11(15)5-9/h4-6,12-13H,2-3,7-8,16H2,1H3/t12?,13-/m1/s1. The predicted octanol–water partition coefficient (Wildman–Crippen LogP) is 1.85. The van der Waals surface area contributed by atoms with Gasteiger partial charge in [-0.25, -0.2) is 4.39 Å². The SMILES string of the molecule is COCCN1CC(c2cc(F)cc(Cl)c2)[C@H](N)C1. The molecule has 1 aliphatic rings. The van der Waals surface area contributed by atoms with E-state index in [2.05, 4.69) is 4.90 Å². The van der Waals surface area contributed by atoms with E-state index in [0.29, 0.717) is 11.6 Å². The van der Waals surface area contributed by atoms with Crippen LogP contribution in [-0.4, -0.2) is 44.3 Å². The molecule has 0 amide bonds. The Hall–Kier alpha value is -0.680. The van der Waals surface area contributed by atoms with E-state index in [1.165, 1.54) is 12.1 Å². The fraction of sp³-hybridized carbons (Fsp3) is 0.538. The Labute approximate surface area is 112 Å². The van der Waals surface area contributed by atoms with Crippen molar-refractivity contribution >= 4 is 11.6 Å². The van der Waals surface area contributed by atoms with Crippen molar-refractivity contribution in [2.45, 2.75) is 12.0 Å². The lowest BCUT2D eigenvalue weighted by Gasteiger charge is -2.16. The van der Waals surface area contributed by atoms with Crippen LogP contribution in [0.4, 0.5) is 4.39 Å². The lowest BCUT2D eigenvalue weighted by molar-refractivity contribution is 0.160. The molecule has 18 heavy (non-hydrogen) atoms. The van der Waals surface area contributed by atoms with E-state index >= 15 is 0 Å². The summed E-state index contributed by atoms with van der Waals surface area (Å²) in [7, 11) is 1.68. The van der Waals surface area contributed by atoms with Gasteiger partial charge < -0.3 is 10.5 Å². The van der Waals surface area contributed by atoms with E-state index in [1.807, 2.05) is 0 Å². The van der Waals surface area contributed by atoms with Crippen LogP contribution < -0.4 is 5.73 Å². The summed E-state index contributed by atoms with van der Waals surface area (Å²) in [5, 5.41) is 0.424. The van der Waals surface area contributed by atoms with E-state index in [1.54, 1.807) is 13.2 Å². The van der Waals surface area contributed by atoms with Crippen molar-refractivity contribution in [3.05, 3.63) is 34.6 Å². The number of nitrogens with zero attached hydrogens (tertiary/aromatic N) is 1. The average molecular weight is 273 g/mol. The molecular weight excluding hydrogens is 255 g/mol. The largest absolute Gasteiger partial charge is 0.383 e. The predicted molar refractivity (Wildman–Crippen MR) is 70.4 cm³/mol. The zero-order chi connectivity index (χ0) is 13.1. The molecule has 1 fully saturated rings. The number of halogens is 2. The van der Waals surface area contributed by atoms with Crippen molar-refractivity contribution in [3.8, 4) is 0 Å². The molecule has 0 aliphatic carbocycles. The third kappa shape index (κ3) is 3.20. The van der Waals surface area contributed by atoms with Crippen LogP contribution in [0.2, 0.25) is 5.02 Å². The van der Waals surface area contributed by atoms with Crippen LogP contribution in [0.3, 0.4) is 0 Å². The van der Waals surface area contributed by atoms with Gasteiger partial charge in [-0.3, -0.25) is 4.90 Å². The minimum atomic E-state index is -0.306. The molecule has 1 heterocycles. The summed E-state index contributed by atoms with van der Waals surface area (Å²) >= 11 is 5.88. The van der Waals surface area contributed by atoms with Crippen LogP contribution in [0, 0.1) is 5.82 Å². The molecule has 0 spiro atoms. The second-order valence-electron chi connectivity index (χ2n) is 4.73. The molecule has 1 unspecified atom stereocenters. The smallest absolute Gasteiger partial charge is 0.124 e. The Morgan fingerprint density at radius 1 is 1.44 bits per heavy atom. The Morgan fingerprint density at radius 3 is 2.89 bits per heavy atom. The molecule has 1 saturated heterocycles. The maximum atomic E-state index is 13.3. The van der Waals surface area contributed by atoms with Crippen molar-refractivity contribution in [1.29, 1.82) is 0 Å². The second kappa shape index (κ2) is 5.97. The summed E-state index contributed by atoms with van der Waals surface area (Å²) in [4.78, 5) is 2.23. The first-order valence-electron chi connectivity index (χ1n) is 6.03. The number of rotatable bonds is 4. The first-order chi connectivity index (χ1) is 8.60. The van der Waals surface area contributed by atoms with Gasteiger partial charge in [-0.15, -0.1) is 0 Å². The van der Waals surface area contributed by atoms with Gasteiger partial charge in [-0.2, -0.15) is 0 Å². The molecule has 2 rings (SSSR count). The van der Waals surface area contributed by atoms with Crippen molar-refractivity contribution < 1.29 is 9.13 Å². The molecule has 0 saturated carbocycles. The van der Waals surface area contributed by atoms with E-state index in [0.717, 1.165) is 25.2 Å². The van der Waals surface area contributed by atoms with Crippen LogP contribution in [0.15, 0.2) is 18.2 Å². The van der Waals surface area contributed by atoms with Crippen molar-refractivity contribution in [3.63, 3.8) is 0 Å². The van der Waals surface area contributed by atoms with Crippen molar-refractivity contribution in [1.82, 2.24) is 4.90 Å². The summed E-state index contributed by atoms with van der Waals surface area (Å²) in [5.74, 6) is -0.171. The maximum Gasteiger partial charge on any atom is 0.124 e. The highest BCUT2D eigenvalue weighted by atomic mass is 35.5. The molecule has 0 aromatic heterocycles. The Kier molecular flexibility index (Phi) is 4.56. The van der Waals surface area contributed by atoms with Crippen LogP contribution in [0.5, 0.6) is 0 Å². The maximum absolute atomic E-state index is 13.3. The number of hydrogen-bond acceptors (Lipinski definition) is 3. The zero-order valence-corrected chi connectivity index (χ0v) is 11.2. The molecule has 1 aromatic rings. The third-order valence-electron chi connectivity index (χ3n) is 3.37. The average Bonchev–Trinajstić information content (AvgIpc) is 2.66. The summed E-state index contributed by atoms with van der Waals surface area (Å²) in [6.45, 7) is 3.17. The highest BCUT2D eigenvalue weighted by Gasteiger charge is 2.31. The van der Waals surface area contributed by atoms with Gasteiger partial charge in [0, 0.05) is 43.7 Å². The van der Waals surface area contributed by atoms with Gasteiger partial charge in [0.1, 0.15) is 5.82 Å². The number of hydrogen-bond donors (Lipinski definition) is 1. The van der Waals surface area contributed by atoms with Gasteiger partial charge in [-0.05, 0) is 23.8 Å². The first-order valence-corrected chi connectivity index (χ1v) is 6.41. The van der Waals surface area contributed by atoms with E-state index in [-0.39, 0.29) is 17.8 Å². The molecule has 0 bridgehead atoms. The topological polar surface area (TPSA) is 38.5 Å². The van der Waals surface area contributed by atoms with Gasteiger partial charge in [0.15, 0.2) is 0 Å². The number of likely N-dealkylation sites (tertiary alicyclic amines) is 1. The molecule has 2 N–H and O–H groups in total. The summed E-state index contributed by atoms with van der Waals surface area (Å²) in [6.07, 6.45) is 0. The monoisotopic (exact) mass is 272 g/mol. The Balaban J connectivity index is 2.08. The summed E-state index contributed by atoms with van der Waals surface area (Å²) in [5.41, 5.74) is 7.01. The van der Waals surface area contributed by atoms with Gasteiger partial charge in [-0.1, -0.05) is 11.6 Å². The molecule has 5 heteroatoms. The van der Waals surface area contributed by atoms with Crippen molar-refractivity contribution in [2.75, 3.05) is 33.4 Å².